The summed E-state index contributed by atoms with van der Waals surface area (Å²) in [6, 6.07) is 7.83. The Morgan fingerprint density at radius 1 is 1.50 bits per heavy atom. The zero-order chi connectivity index (χ0) is 11.8. The number of guanidine groups is 1. The summed E-state index contributed by atoms with van der Waals surface area (Å²) in [5.74, 6) is 0.517. The zero-order valence-corrected chi connectivity index (χ0v) is 10.3. The molecule has 0 unspecified atom stereocenters. The lowest BCUT2D eigenvalue weighted by Crippen LogP contribution is -2.33. The highest BCUT2D eigenvalue weighted by molar-refractivity contribution is 6.30. The number of benzene rings is 1. The summed E-state index contributed by atoms with van der Waals surface area (Å²) in [7, 11) is 0. The van der Waals surface area contributed by atoms with Crippen LogP contribution in [-0.4, -0.2) is 19.0 Å². The number of rotatable bonds is 5. The van der Waals surface area contributed by atoms with Crippen molar-refractivity contribution in [1.82, 2.24) is 5.32 Å². The molecule has 0 aliphatic rings. The molecule has 0 atom stereocenters. The molecule has 1 aromatic carbocycles. The number of aliphatic imine (C=N–C) groups is 1. The van der Waals surface area contributed by atoms with E-state index in [-0.39, 0.29) is 0 Å². The van der Waals surface area contributed by atoms with Crippen LogP contribution in [0.5, 0.6) is 0 Å². The lowest BCUT2D eigenvalue weighted by atomic mass is 10.1. The normalized spacial score (nSPS) is 11.5. The second kappa shape index (κ2) is 7.12. The molecule has 0 spiro atoms. The van der Waals surface area contributed by atoms with Gasteiger partial charge in [-0.2, -0.15) is 0 Å². The van der Waals surface area contributed by atoms with Crippen molar-refractivity contribution in [2.75, 3.05) is 13.1 Å². The van der Waals surface area contributed by atoms with Gasteiger partial charge in [-0.1, -0.05) is 30.7 Å². The molecule has 1 rings (SSSR count). The molecule has 0 saturated carbocycles. The zero-order valence-electron chi connectivity index (χ0n) is 9.54. The standard InChI is InChI=1S/C12H18ClN3/c1-2-7-15-12(14)16-8-6-10-4-3-5-11(13)9-10/h3-5,9H,2,6-8H2,1H3,(H3,14,15,16). The van der Waals surface area contributed by atoms with Crippen LogP contribution in [-0.2, 0) is 6.42 Å². The molecule has 88 valence electrons. The summed E-state index contributed by atoms with van der Waals surface area (Å²) in [6.45, 7) is 3.62. The van der Waals surface area contributed by atoms with Crippen molar-refractivity contribution in [1.29, 1.82) is 0 Å². The first kappa shape index (κ1) is 12.8. The fourth-order valence-corrected chi connectivity index (χ4v) is 1.53. The highest BCUT2D eigenvalue weighted by Gasteiger charge is 1.95. The van der Waals surface area contributed by atoms with Crippen molar-refractivity contribution in [2.45, 2.75) is 19.8 Å². The van der Waals surface area contributed by atoms with E-state index >= 15 is 0 Å². The molecule has 0 fully saturated rings. The number of nitrogens with one attached hydrogen (secondary N) is 1. The van der Waals surface area contributed by atoms with Crippen LogP contribution in [0, 0.1) is 0 Å². The maximum absolute atomic E-state index is 5.89. The van der Waals surface area contributed by atoms with Crippen LogP contribution in [0.2, 0.25) is 5.02 Å². The van der Waals surface area contributed by atoms with Gasteiger partial charge in [-0.3, -0.25) is 4.99 Å². The first-order valence-electron chi connectivity index (χ1n) is 5.50. The van der Waals surface area contributed by atoms with Crippen molar-refractivity contribution in [3.05, 3.63) is 34.9 Å². The van der Waals surface area contributed by atoms with Crippen molar-refractivity contribution in [3.63, 3.8) is 0 Å². The summed E-state index contributed by atoms with van der Waals surface area (Å²) in [4.78, 5) is 4.15. The maximum Gasteiger partial charge on any atom is 0.188 e. The van der Waals surface area contributed by atoms with Crippen molar-refractivity contribution >= 4 is 17.6 Å². The molecular weight excluding hydrogens is 222 g/mol. The van der Waals surface area contributed by atoms with E-state index in [2.05, 4.69) is 17.2 Å². The SMILES string of the molecule is CCCN=C(N)NCCc1cccc(Cl)c1. The lowest BCUT2D eigenvalue weighted by molar-refractivity contribution is 0.839. The van der Waals surface area contributed by atoms with Gasteiger partial charge < -0.3 is 11.1 Å². The van der Waals surface area contributed by atoms with Crippen LogP contribution < -0.4 is 11.1 Å². The Balaban J connectivity index is 2.30. The van der Waals surface area contributed by atoms with Gasteiger partial charge in [-0.05, 0) is 30.5 Å². The molecule has 0 bridgehead atoms. The topological polar surface area (TPSA) is 50.4 Å². The second-order valence-electron chi connectivity index (χ2n) is 3.57. The van der Waals surface area contributed by atoms with Gasteiger partial charge in [0.15, 0.2) is 5.96 Å². The predicted molar refractivity (Wildman–Crippen MR) is 69.9 cm³/mol. The van der Waals surface area contributed by atoms with Gasteiger partial charge in [0.2, 0.25) is 0 Å². The fourth-order valence-electron chi connectivity index (χ4n) is 1.32. The second-order valence-corrected chi connectivity index (χ2v) is 4.01. The molecule has 0 aliphatic heterocycles. The molecule has 0 amide bonds. The average Bonchev–Trinajstić information content (AvgIpc) is 2.26. The molecule has 4 heteroatoms. The molecular formula is C12H18ClN3. The number of hydrogen-bond donors (Lipinski definition) is 2. The molecule has 0 saturated heterocycles. The number of hydrogen-bond acceptors (Lipinski definition) is 1. The minimum atomic E-state index is 0.517. The van der Waals surface area contributed by atoms with E-state index in [1.54, 1.807) is 0 Å². The Morgan fingerprint density at radius 3 is 3.00 bits per heavy atom. The first-order valence-corrected chi connectivity index (χ1v) is 5.88. The smallest absolute Gasteiger partial charge is 0.188 e. The molecule has 0 heterocycles. The van der Waals surface area contributed by atoms with Crippen molar-refractivity contribution in [2.24, 2.45) is 10.7 Å². The van der Waals surface area contributed by atoms with E-state index in [0.717, 1.165) is 31.0 Å². The van der Waals surface area contributed by atoms with E-state index in [0.29, 0.717) is 5.96 Å². The predicted octanol–water partition coefficient (Wildman–Crippen LogP) is 2.20. The summed E-state index contributed by atoms with van der Waals surface area (Å²) in [5, 5.41) is 3.84. The van der Waals surface area contributed by atoms with Gasteiger partial charge in [0.25, 0.3) is 0 Å². The van der Waals surface area contributed by atoms with Gasteiger partial charge in [-0.15, -0.1) is 0 Å². The van der Waals surface area contributed by atoms with Crippen LogP contribution in [0.15, 0.2) is 29.3 Å². The van der Waals surface area contributed by atoms with E-state index in [4.69, 9.17) is 17.3 Å². The van der Waals surface area contributed by atoms with Crippen LogP contribution >= 0.6 is 11.6 Å². The Labute approximate surface area is 102 Å². The average molecular weight is 240 g/mol. The largest absolute Gasteiger partial charge is 0.370 e. The summed E-state index contributed by atoms with van der Waals surface area (Å²) in [6.07, 6.45) is 1.90. The molecule has 16 heavy (non-hydrogen) atoms. The van der Waals surface area contributed by atoms with Gasteiger partial charge in [-0.25, -0.2) is 0 Å². The van der Waals surface area contributed by atoms with Gasteiger partial charge in [0, 0.05) is 18.1 Å². The lowest BCUT2D eigenvalue weighted by Gasteiger charge is -2.05. The summed E-state index contributed by atoms with van der Waals surface area (Å²) in [5.41, 5.74) is 6.86. The van der Waals surface area contributed by atoms with Gasteiger partial charge in [0.05, 0.1) is 0 Å². The van der Waals surface area contributed by atoms with E-state index in [9.17, 15) is 0 Å². The highest BCUT2D eigenvalue weighted by Crippen LogP contribution is 2.10. The van der Waals surface area contributed by atoms with Gasteiger partial charge >= 0.3 is 0 Å². The Hall–Kier alpha value is -1.22. The van der Waals surface area contributed by atoms with Crippen molar-refractivity contribution < 1.29 is 0 Å². The van der Waals surface area contributed by atoms with Crippen LogP contribution in [0.3, 0.4) is 0 Å². The molecule has 1 aromatic rings. The maximum atomic E-state index is 5.89. The van der Waals surface area contributed by atoms with Crippen LogP contribution in [0.1, 0.15) is 18.9 Å². The van der Waals surface area contributed by atoms with Crippen LogP contribution in [0.25, 0.3) is 0 Å². The third kappa shape index (κ3) is 5.03. The molecule has 3 nitrogen and oxygen atoms in total. The third-order valence-electron chi connectivity index (χ3n) is 2.11. The fraction of sp³-hybridized carbons (Fsp3) is 0.417. The number of nitrogens with zero attached hydrogens (tertiary/aromatic N) is 1. The quantitative estimate of drug-likeness (QED) is 0.611. The van der Waals surface area contributed by atoms with Crippen LogP contribution in [0.4, 0.5) is 0 Å². The van der Waals surface area contributed by atoms with E-state index < -0.39 is 0 Å². The molecule has 0 radical (unpaired) electrons. The van der Waals surface area contributed by atoms with E-state index in [1.807, 2.05) is 24.3 Å². The van der Waals surface area contributed by atoms with E-state index in [1.165, 1.54) is 5.56 Å². The van der Waals surface area contributed by atoms with Gasteiger partial charge in [0.1, 0.15) is 0 Å². The third-order valence-corrected chi connectivity index (χ3v) is 2.35. The minimum absolute atomic E-state index is 0.517. The monoisotopic (exact) mass is 239 g/mol. The Kier molecular flexibility index (Phi) is 5.72. The molecule has 0 aliphatic carbocycles. The Bertz CT molecular complexity index is 350. The minimum Gasteiger partial charge on any atom is -0.370 e. The number of nitrogens with two attached hydrogens (primary N) is 1. The molecule has 0 aromatic heterocycles. The van der Waals surface area contributed by atoms with Crippen molar-refractivity contribution in [3.8, 4) is 0 Å². The summed E-state index contributed by atoms with van der Waals surface area (Å²) >= 11 is 5.89. The highest BCUT2D eigenvalue weighted by atomic mass is 35.5. The first-order chi connectivity index (χ1) is 7.72. The summed E-state index contributed by atoms with van der Waals surface area (Å²) < 4.78 is 0. The molecule has 3 N–H and O–H groups in total. The number of halogens is 1. The Morgan fingerprint density at radius 2 is 2.31 bits per heavy atom.